The molecule has 0 fully saturated rings. The molecule has 0 bridgehead atoms. The average molecular weight is 363 g/mol. The highest BCUT2D eigenvalue weighted by Gasteiger charge is 2.23. The fourth-order valence-electron chi connectivity index (χ4n) is 2.11. The van der Waals surface area contributed by atoms with Gasteiger partial charge in [0.15, 0.2) is 0 Å². The number of aromatic amines is 1. The number of nitrogens with one attached hydrogen (secondary N) is 1. The van der Waals surface area contributed by atoms with Crippen molar-refractivity contribution in [2.45, 2.75) is 6.92 Å². The maximum Gasteiger partial charge on any atom is 0.308 e. The first kappa shape index (κ1) is 17.4. The molecular weight excluding hydrogens is 355 g/mol. The molecule has 0 saturated carbocycles. The van der Waals surface area contributed by atoms with Crippen LogP contribution in [0.1, 0.15) is 18.1 Å². The first-order chi connectivity index (χ1) is 11.3. The van der Waals surface area contributed by atoms with Crippen molar-refractivity contribution < 1.29 is 9.53 Å². The summed E-state index contributed by atoms with van der Waals surface area (Å²) in [5.41, 5.74) is 4.36. The van der Waals surface area contributed by atoms with Crippen molar-refractivity contribution >= 4 is 35.0 Å². The number of aromatic nitrogens is 1. The Bertz CT molecular complexity index is 976. The Morgan fingerprint density at radius 1 is 1.17 bits per heavy atom. The number of esters is 1. The zero-order valence-electron chi connectivity index (χ0n) is 12.1. The summed E-state index contributed by atoms with van der Waals surface area (Å²) in [7, 11) is 0. The van der Waals surface area contributed by atoms with Crippen molar-refractivity contribution in [3.05, 3.63) is 43.7 Å². The summed E-state index contributed by atoms with van der Waals surface area (Å²) in [4.78, 5) is 25.2. The number of nitrogens with zero attached hydrogens (tertiary/aromatic N) is 2. The van der Waals surface area contributed by atoms with Crippen LogP contribution in [0.25, 0.3) is 11.1 Å². The number of halogens is 2. The second-order valence-corrected chi connectivity index (χ2v) is 5.39. The second-order valence-electron chi connectivity index (χ2n) is 4.57. The topological polar surface area (TPSA) is 133 Å². The Hall–Kier alpha value is -3.00. The third-order valence-corrected chi connectivity index (χ3v) is 3.59. The maximum absolute atomic E-state index is 11.9. The summed E-state index contributed by atoms with van der Waals surface area (Å²) in [5.74, 6) is -0.713. The smallest absolute Gasteiger partial charge is 0.308 e. The number of pyridine rings is 1. The minimum absolute atomic E-state index is 0.0169. The number of anilines is 1. The van der Waals surface area contributed by atoms with Crippen LogP contribution in [0.3, 0.4) is 0 Å². The molecule has 1 aromatic heterocycles. The quantitative estimate of drug-likeness (QED) is 0.622. The molecule has 0 aliphatic rings. The van der Waals surface area contributed by atoms with Crippen LogP contribution in [0.4, 0.5) is 5.82 Å². The van der Waals surface area contributed by atoms with Gasteiger partial charge >= 0.3 is 5.97 Å². The van der Waals surface area contributed by atoms with E-state index in [9.17, 15) is 20.1 Å². The van der Waals surface area contributed by atoms with Crippen LogP contribution in [-0.4, -0.2) is 11.0 Å². The predicted octanol–water partition coefficient (Wildman–Crippen LogP) is 2.60. The molecule has 9 heteroatoms. The van der Waals surface area contributed by atoms with Gasteiger partial charge in [-0.1, -0.05) is 23.2 Å². The van der Waals surface area contributed by atoms with Crippen LogP contribution >= 0.6 is 23.2 Å². The van der Waals surface area contributed by atoms with Gasteiger partial charge < -0.3 is 15.5 Å². The Balaban J connectivity index is 2.88. The lowest BCUT2D eigenvalue weighted by atomic mass is 9.96. The van der Waals surface area contributed by atoms with E-state index in [-0.39, 0.29) is 43.9 Å². The molecule has 1 heterocycles. The standard InChI is InChI=1S/C15H8Cl2N4O3/c1-6(22)24-7-2-10(16)13(11(17)3-7)12-8(4-18)14(20)21-15(23)9(12)5-19/h2-3H,1H3,(H3,20,21,23). The highest BCUT2D eigenvalue weighted by molar-refractivity contribution is 6.39. The third-order valence-electron chi connectivity index (χ3n) is 3.00. The Kier molecular flexibility index (Phi) is 4.79. The van der Waals surface area contributed by atoms with Gasteiger partial charge in [0.25, 0.3) is 5.56 Å². The molecule has 0 aliphatic heterocycles. The first-order valence-electron chi connectivity index (χ1n) is 6.34. The molecule has 0 amide bonds. The van der Waals surface area contributed by atoms with Crippen molar-refractivity contribution in [1.29, 1.82) is 10.5 Å². The molecule has 1 aromatic carbocycles. The Labute approximate surface area is 145 Å². The van der Waals surface area contributed by atoms with E-state index in [1.54, 1.807) is 6.07 Å². The van der Waals surface area contributed by atoms with E-state index in [0.29, 0.717) is 0 Å². The normalized spacial score (nSPS) is 9.88. The molecular formula is C15H8Cl2N4O3. The maximum atomic E-state index is 11.9. The van der Waals surface area contributed by atoms with Crippen LogP contribution in [0.5, 0.6) is 5.75 Å². The van der Waals surface area contributed by atoms with E-state index in [1.807, 2.05) is 6.07 Å². The third kappa shape index (κ3) is 3.04. The minimum Gasteiger partial charge on any atom is -0.427 e. The van der Waals surface area contributed by atoms with Crippen LogP contribution < -0.4 is 16.0 Å². The number of nitriles is 2. The number of nitrogens with two attached hydrogens (primary N) is 1. The van der Waals surface area contributed by atoms with E-state index in [1.165, 1.54) is 19.1 Å². The van der Waals surface area contributed by atoms with Crippen LogP contribution in [0, 0.1) is 22.7 Å². The summed E-state index contributed by atoms with van der Waals surface area (Å²) >= 11 is 12.3. The fourth-order valence-corrected chi connectivity index (χ4v) is 2.76. The van der Waals surface area contributed by atoms with Crippen LogP contribution in [0.15, 0.2) is 16.9 Å². The number of H-pyrrole nitrogens is 1. The Morgan fingerprint density at radius 2 is 1.71 bits per heavy atom. The summed E-state index contributed by atoms with van der Waals surface area (Å²) in [6.07, 6.45) is 0. The molecule has 7 nitrogen and oxygen atoms in total. The van der Waals surface area contributed by atoms with Gasteiger partial charge in [-0.2, -0.15) is 10.5 Å². The number of carbonyl (C=O) groups excluding carboxylic acids is 1. The van der Waals surface area contributed by atoms with Crippen LogP contribution in [0.2, 0.25) is 10.0 Å². The lowest BCUT2D eigenvalue weighted by Gasteiger charge is -2.13. The molecule has 2 aromatic rings. The summed E-state index contributed by atoms with van der Waals surface area (Å²) < 4.78 is 4.90. The largest absolute Gasteiger partial charge is 0.427 e. The number of ether oxygens (including phenoxy) is 1. The van der Waals surface area contributed by atoms with E-state index in [4.69, 9.17) is 33.7 Å². The summed E-state index contributed by atoms with van der Waals surface area (Å²) in [6, 6.07) is 6.09. The van der Waals surface area contributed by atoms with Gasteiger partial charge in [0.2, 0.25) is 0 Å². The predicted molar refractivity (Wildman–Crippen MR) is 87.7 cm³/mol. The molecule has 120 valence electrons. The molecule has 0 unspecified atom stereocenters. The van der Waals surface area contributed by atoms with E-state index in [2.05, 4.69) is 4.98 Å². The highest BCUT2D eigenvalue weighted by atomic mass is 35.5. The van der Waals surface area contributed by atoms with Gasteiger partial charge in [-0.25, -0.2) is 0 Å². The van der Waals surface area contributed by atoms with Crippen molar-refractivity contribution in [2.75, 3.05) is 5.73 Å². The molecule has 2 rings (SSSR count). The van der Waals surface area contributed by atoms with Gasteiger partial charge in [0, 0.05) is 30.2 Å². The van der Waals surface area contributed by atoms with Gasteiger partial charge in [-0.15, -0.1) is 0 Å². The zero-order valence-corrected chi connectivity index (χ0v) is 13.6. The highest BCUT2D eigenvalue weighted by Crippen LogP contribution is 2.41. The van der Waals surface area contributed by atoms with Gasteiger partial charge in [-0.05, 0) is 0 Å². The number of nitrogen functional groups attached to an aromatic ring is 1. The van der Waals surface area contributed by atoms with Crippen molar-refractivity contribution in [3.8, 4) is 29.0 Å². The molecule has 0 spiro atoms. The minimum atomic E-state index is -0.778. The van der Waals surface area contributed by atoms with Crippen molar-refractivity contribution in [3.63, 3.8) is 0 Å². The summed E-state index contributed by atoms with van der Waals surface area (Å²) in [5, 5.41) is 18.5. The zero-order chi connectivity index (χ0) is 18.0. The van der Waals surface area contributed by atoms with E-state index < -0.39 is 11.5 Å². The number of carbonyl (C=O) groups is 1. The van der Waals surface area contributed by atoms with Crippen LogP contribution in [-0.2, 0) is 4.79 Å². The molecule has 24 heavy (non-hydrogen) atoms. The van der Waals surface area contributed by atoms with E-state index >= 15 is 0 Å². The fraction of sp³-hybridized carbons (Fsp3) is 0.0667. The number of benzene rings is 1. The second kappa shape index (κ2) is 6.63. The molecule has 0 saturated heterocycles. The average Bonchev–Trinajstić information content (AvgIpc) is 2.45. The lowest BCUT2D eigenvalue weighted by molar-refractivity contribution is -0.131. The van der Waals surface area contributed by atoms with Gasteiger partial charge in [0.05, 0.1) is 10.0 Å². The van der Waals surface area contributed by atoms with Gasteiger partial charge in [0.1, 0.15) is 34.8 Å². The lowest BCUT2D eigenvalue weighted by Crippen LogP contribution is -2.16. The van der Waals surface area contributed by atoms with Gasteiger partial charge in [-0.3, -0.25) is 9.59 Å². The number of hydrogen-bond donors (Lipinski definition) is 2. The van der Waals surface area contributed by atoms with E-state index in [0.717, 1.165) is 0 Å². The number of rotatable bonds is 2. The molecule has 0 atom stereocenters. The first-order valence-corrected chi connectivity index (χ1v) is 7.09. The number of hydrogen-bond acceptors (Lipinski definition) is 6. The van der Waals surface area contributed by atoms with Crippen molar-refractivity contribution in [1.82, 2.24) is 4.98 Å². The molecule has 3 N–H and O–H groups in total. The SMILES string of the molecule is CC(=O)Oc1cc(Cl)c(-c2c(C#N)c(N)[nH]c(=O)c2C#N)c(Cl)c1. The molecule has 0 radical (unpaired) electrons. The molecule has 0 aliphatic carbocycles. The Morgan fingerprint density at radius 3 is 2.17 bits per heavy atom. The summed E-state index contributed by atoms with van der Waals surface area (Å²) in [6.45, 7) is 1.20. The van der Waals surface area contributed by atoms with Crippen molar-refractivity contribution in [2.24, 2.45) is 0 Å². The monoisotopic (exact) mass is 362 g/mol.